The van der Waals surface area contributed by atoms with Crippen molar-refractivity contribution in [2.75, 3.05) is 20.1 Å². The second kappa shape index (κ2) is 8.90. The second-order valence-electron chi connectivity index (χ2n) is 5.38. The number of nitrogens with one attached hydrogen (secondary N) is 2. The third-order valence-corrected chi connectivity index (χ3v) is 5.03. The van der Waals surface area contributed by atoms with Gasteiger partial charge in [-0.05, 0) is 30.7 Å². The van der Waals surface area contributed by atoms with Crippen LogP contribution in [-0.4, -0.2) is 31.1 Å². The predicted octanol–water partition coefficient (Wildman–Crippen LogP) is 3.10. The van der Waals surface area contributed by atoms with E-state index in [0.29, 0.717) is 5.92 Å². The Kier molecular flexibility index (Phi) is 6.86. The van der Waals surface area contributed by atoms with Crippen LogP contribution >= 0.6 is 22.7 Å². The Labute approximate surface area is 140 Å². The lowest BCUT2D eigenvalue weighted by atomic mass is 10.1. The van der Waals surface area contributed by atoms with Gasteiger partial charge in [0.2, 0.25) is 0 Å². The largest absolute Gasteiger partial charge is 0.356 e. The van der Waals surface area contributed by atoms with Crippen LogP contribution in [0.1, 0.15) is 22.5 Å². The van der Waals surface area contributed by atoms with E-state index in [1.54, 1.807) is 11.3 Å². The molecule has 0 aliphatic carbocycles. The van der Waals surface area contributed by atoms with Gasteiger partial charge >= 0.3 is 0 Å². The fourth-order valence-electron chi connectivity index (χ4n) is 2.17. The number of hydrogen-bond acceptors (Lipinski definition) is 4. The Morgan fingerprint density at radius 2 is 2.23 bits per heavy atom. The standard InChI is InChI=1S/C16H24N4S2/c1-12(9-15-5-4-8-21-15)10-19-16(17-3)18-7-6-14-11-22-13(2)20-14/h4-5,8,11-12H,6-7,9-10H2,1-3H3,(H2,17,18,19). The van der Waals surface area contributed by atoms with Gasteiger partial charge in [-0.15, -0.1) is 22.7 Å². The number of aliphatic imine (C=N–C) groups is 1. The van der Waals surface area contributed by atoms with Crippen molar-refractivity contribution in [2.24, 2.45) is 10.9 Å². The molecular weight excluding hydrogens is 312 g/mol. The molecule has 120 valence electrons. The van der Waals surface area contributed by atoms with E-state index in [-0.39, 0.29) is 0 Å². The third-order valence-electron chi connectivity index (χ3n) is 3.31. The molecule has 0 saturated heterocycles. The molecular formula is C16H24N4S2. The van der Waals surface area contributed by atoms with Crippen molar-refractivity contribution in [1.29, 1.82) is 0 Å². The van der Waals surface area contributed by atoms with Crippen molar-refractivity contribution in [3.63, 3.8) is 0 Å². The van der Waals surface area contributed by atoms with Crippen molar-refractivity contribution < 1.29 is 0 Å². The van der Waals surface area contributed by atoms with Gasteiger partial charge in [-0.25, -0.2) is 4.98 Å². The summed E-state index contributed by atoms with van der Waals surface area (Å²) in [6.07, 6.45) is 2.04. The van der Waals surface area contributed by atoms with E-state index in [9.17, 15) is 0 Å². The highest BCUT2D eigenvalue weighted by molar-refractivity contribution is 7.10. The van der Waals surface area contributed by atoms with Crippen molar-refractivity contribution >= 4 is 28.6 Å². The highest BCUT2D eigenvalue weighted by Crippen LogP contribution is 2.13. The van der Waals surface area contributed by atoms with Crippen LogP contribution in [0.15, 0.2) is 27.9 Å². The van der Waals surface area contributed by atoms with Gasteiger partial charge < -0.3 is 10.6 Å². The first kappa shape index (κ1) is 17.0. The number of guanidine groups is 1. The van der Waals surface area contributed by atoms with Gasteiger partial charge in [-0.1, -0.05) is 13.0 Å². The molecule has 2 rings (SSSR count). The monoisotopic (exact) mass is 336 g/mol. The molecule has 0 aliphatic heterocycles. The molecule has 0 bridgehead atoms. The number of thiophene rings is 1. The molecule has 6 heteroatoms. The molecule has 0 radical (unpaired) electrons. The first-order valence-electron chi connectivity index (χ1n) is 7.55. The SMILES string of the molecule is CN=C(NCCc1csc(C)n1)NCC(C)Cc1cccs1. The van der Waals surface area contributed by atoms with Crippen molar-refractivity contribution in [2.45, 2.75) is 26.7 Å². The lowest BCUT2D eigenvalue weighted by molar-refractivity contribution is 0.562. The van der Waals surface area contributed by atoms with Crippen molar-refractivity contribution in [1.82, 2.24) is 15.6 Å². The molecule has 0 saturated carbocycles. The van der Waals surface area contributed by atoms with E-state index in [1.807, 2.05) is 25.3 Å². The number of aromatic nitrogens is 1. The highest BCUT2D eigenvalue weighted by atomic mass is 32.1. The summed E-state index contributed by atoms with van der Waals surface area (Å²) < 4.78 is 0. The van der Waals surface area contributed by atoms with Gasteiger partial charge in [0.1, 0.15) is 0 Å². The maximum absolute atomic E-state index is 4.47. The molecule has 0 fully saturated rings. The molecule has 2 N–H and O–H groups in total. The van der Waals surface area contributed by atoms with E-state index < -0.39 is 0 Å². The Bertz CT molecular complexity index is 575. The van der Waals surface area contributed by atoms with Crippen LogP contribution in [0.2, 0.25) is 0 Å². The van der Waals surface area contributed by atoms with Gasteiger partial charge in [0.25, 0.3) is 0 Å². The zero-order valence-corrected chi connectivity index (χ0v) is 15.1. The van der Waals surface area contributed by atoms with Gasteiger partial charge in [0.15, 0.2) is 5.96 Å². The number of nitrogens with zero attached hydrogens (tertiary/aromatic N) is 2. The minimum atomic E-state index is 0.582. The zero-order valence-electron chi connectivity index (χ0n) is 13.4. The molecule has 22 heavy (non-hydrogen) atoms. The molecule has 1 atom stereocenters. The molecule has 2 heterocycles. The second-order valence-corrected chi connectivity index (χ2v) is 7.47. The molecule has 0 spiro atoms. The van der Waals surface area contributed by atoms with Crippen molar-refractivity contribution in [3.05, 3.63) is 38.5 Å². The first-order chi connectivity index (χ1) is 10.7. The van der Waals surface area contributed by atoms with Gasteiger partial charge in [-0.3, -0.25) is 4.99 Å². The van der Waals surface area contributed by atoms with Crippen molar-refractivity contribution in [3.8, 4) is 0 Å². The summed E-state index contributed by atoms with van der Waals surface area (Å²) in [6.45, 7) is 6.07. The maximum Gasteiger partial charge on any atom is 0.190 e. The predicted molar refractivity (Wildman–Crippen MR) is 97.1 cm³/mol. The van der Waals surface area contributed by atoms with Crippen LogP contribution in [0.5, 0.6) is 0 Å². The molecule has 4 nitrogen and oxygen atoms in total. The fraction of sp³-hybridized carbons (Fsp3) is 0.500. The van der Waals surface area contributed by atoms with Crippen LogP contribution in [0, 0.1) is 12.8 Å². The molecule has 2 aromatic heterocycles. The average molecular weight is 337 g/mol. The molecule has 0 aromatic carbocycles. The van der Waals surface area contributed by atoms with Crippen LogP contribution in [0.25, 0.3) is 0 Å². The summed E-state index contributed by atoms with van der Waals surface area (Å²) in [5.74, 6) is 1.45. The highest BCUT2D eigenvalue weighted by Gasteiger charge is 2.06. The molecule has 2 aromatic rings. The van der Waals surface area contributed by atoms with E-state index in [1.165, 1.54) is 4.88 Å². The normalized spacial score (nSPS) is 13.1. The summed E-state index contributed by atoms with van der Waals surface area (Å²) in [4.78, 5) is 10.2. The number of hydrogen-bond donors (Lipinski definition) is 2. The summed E-state index contributed by atoms with van der Waals surface area (Å²) in [5, 5.41) is 12.1. The minimum absolute atomic E-state index is 0.582. The van der Waals surface area contributed by atoms with E-state index >= 15 is 0 Å². The molecule has 1 unspecified atom stereocenters. The topological polar surface area (TPSA) is 49.3 Å². The zero-order chi connectivity index (χ0) is 15.8. The van der Waals surface area contributed by atoms with E-state index in [2.05, 4.69) is 50.4 Å². The maximum atomic E-state index is 4.47. The molecule has 0 aliphatic rings. The lowest BCUT2D eigenvalue weighted by Crippen LogP contribution is -2.40. The van der Waals surface area contributed by atoms with E-state index in [4.69, 9.17) is 0 Å². The quantitative estimate of drug-likeness (QED) is 0.603. The average Bonchev–Trinajstić information content (AvgIpc) is 3.14. The fourth-order valence-corrected chi connectivity index (χ4v) is 3.68. The van der Waals surface area contributed by atoms with Crippen LogP contribution in [-0.2, 0) is 12.8 Å². The van der Waals surface area contributed by atoms with Crippen LogP contribution in [0.3, 0.4) is 0 Å². The first-order valence-corrected chi connectivity index (χ1v) is 9.31. The van der Waals surface area contributed by atoms with Crippen LogP contribution < -0.4 is 10.6 Å². The third kappa shape index (κ3) is 5.77. The summed E-state index contributed by atoms with van der Waals surface area (Å²) in [6, 6.07) is 4.31. The lowest BCUT2D eigenvalue weighted by Gasteiger charge is -2.15. The van der Waals surface area contributed by atoms with Gasteiger partial charge in [-0.2, -0.15) is 0 Å². The Morgan fingerprint density at radius 3 is 2.86 bits per heavy atom. The van der Waals surface area contributed by atoms with E-state index in [0.717, 1.165) is 42.6 Å². The molecule has 0 amide bonds. The summed E-state index contributed by atoms with van der Waals surface area (Å²) in [5.41, 5.74) is 1.15. The Balaban J connectivity index is 1.66. The van der Waals surface area contributed by atoms with Crippen LogP contribution in [0.4, 0.5) is 0 Å². The number of aryl methyl sites for hydroxylation is 1. The summed E-state index contributed by atoms with van der Waals surface area (Å²) >= 11 is 3.53. The van der Waals surface area contributed by atoms with Gasteiger partial charge in [0.05, 0.1) is 10.7 Å². The number of thiazole rings is 1. The minimum Gasteiger partial charge on any atom is -0.356 e. The van der Waals surface area contributed by atoms with Gasteiger partial charge in [0, 0.05) is 36.8 Å². The Hall–Kier alpha value is -1.40. The Morgan fingerprint density at radius 1 is 1.36 bits per heavy atom. The summed E-state index contributed by atoms with van der Waals surface area (Å²) in [7, 11) is 1.81. The number of rotatable bonds is 7. The smallest absolute Gasteiger partial charge is 0.190 e.